The molecule has 26 heavy (non-hydrogen) atoms. The summed E-state index contributed by atoms with van der Waals surface area (Å²) in [7, 11) is 0. The molecule has 0 aromatic heterocycles. The zero-order valence-electron chi connectivity index (χ0n) is 18.3. The van der Waals surface area contributed by atoms with Crippen LogP contribution in [-0.2, 0) is 9.53 Å². The number of carbonyl (C=O) groups is 1. The molecule has 1 aliphatic rings. The molecule has 2 atom stereocenters. The molecule has 0 aromatic rings. The second-order valence-electron chi connectivity index (χ2n) is 9.21. The summed E-state index contributed by atoms with van der Waals surface area (Å²) in [6.45, 7) is 18.5. The van der Waals surface area contributed by atoms with Crippen molar-refractivity contribution in [1.82, 2.24) is 5.32 Å². The minimum atomic E-state index is -0.0397. The van der Waals surface area contributed by atoms with E-state index in [1.807, 2.05) is 0 Å². The van der Waals surface area contributed by atoms with Crippen molar-refractivity contribution in [2.24, 2.45) is 17.8 Å². The number of amides is 1. The van der Waals surface area contributed by atoms with Crippen LogP contribution < -0.4 is 10.2 Å². The molecule has 1 rings (SSSR count). The van der Waals surface area contributed by atoms with Gasteiger partial charge >= 0.3 is 0 Å². The standard InChI is InChI=1S/C22H44N2O2/c1-7-24(8-2)14-9-13-23-21(25)16-19(11-10-18(3)4)20-12-15-26-22(5,6)17-20/h18-20H,7-17H2,1-6H3,(H,23,25)/p+1/t19-,20-/m1/s1. The van der Waals surface area contributed by atoms with Crippen LogP contribution in [0.15, 0.2) is 0 Å². The van der Waals surface area contributed by atoms with Crippen molar-refractivity contribution in [3.8, 4) is 0 Å². The minimum absolute atomic E-state index is 0.0397. The Morgan fingerprint density at radius 3 is 2.50 bits per heavy atom. The normalized spacial score (nSPS) is 21.2. The van der Waals surface area contributed by atoms with Crippen molar-refractivity contribution in [3.63, 3.8) is 0 Å². The van der Waals surface area contributed by atoms with Gasteiger partial charge in [0.15, 0.2) is 0 Å². The van der Waals surface area contributed by atoms with Crippen LogP contribution in [0.1, 0.15) is 80.1 Å². The SMILES string of the molecule is CC[NH+](CC)CCCNC(=O)C[C@@H](CCC(C)C)[C@@H]1CCOC(C)(C)C1. The monoisotopic (exact) mass is 369 g/mol. The lowest BCUT2D eigenvalue weighted by Gasteiger charge is -2.39. The van der Waals surface area contributed by atoms with E-state index in [1.54, 1.807) is 4.90 Å². The Bertz CT molecular complexity index is 392. The van der Waals surface area contributed by atoms with Crippen molar-refractivity contribution < 1.29 is 14.4 Å². The predicted octanol–water partition coefficient (Wildman–Crippen LogP) is 3.07. The van der Waals surface area contributed by atoms with Crippen molar-refractivity contribution >= 4 is 5.91 Å². The Morgan fingerprint density at radius 2 is 1.92 bits per heavy atom. The first kappa shape index (κ1) is 23.4. The maximum Gasteiger partial charge on any atom is 0.220 e. The summed E-state index contributed by atoms with van der Waals surface area (Å²) in [6, 6.07) is 0. The number of carbonyl (C=O) groups excluding carboxylic acids is 1. The molecule has 0 saturated carbocycles. The number of quaternary nitrogens is 1. The Kier molecular flexibility index (Phi) is 10.8. The number of ether oxygens (including phenoxy) is 1. The first-order valence-corrected chi connectivity index (χ1v) is 11.0. The van der Waals surface area contributed by atoms with Gasteiger partial charge in [-0.1, -0.05) is 20.3 Å². The van der Waals surface area contributed by atoms with Crippen LogP contribution in [0.2, 0.25) is 0 Å². The van der Waals surface area contributed by atoms with E-state index in [0.717, 1.165) is 45.4 Å². The minimum Gasteiger partial charge on any atom is -0.376 e. The molecule has 1 amide bonds. The smallest absolute Gasteiger partial charge is 0.220 e. The summed E-state index contributed by atoms with van der Waals surface area (Å²) in [5, 5.41) is 3.18. The van der Waals surface area contributed by atoms with E-state index in [4.69, 9.17) is 4.74 Å². The van der Waals surface area contributed by atoms with Gasteiger partial charge in [0.05, 0.1) is 25.2 Å². The highest BCUT2D eigenvalue weighted by Crippen LogP contribution is 2.37. The second kappa shape index (κ2) is 12.0. The summed E-state index contributed by atoms with van der Waals surface area (Å²) in [4.78, 5) is 14.1. The molecule has 4 nitrogen and oxygen atoms in total. The Hall–Kier alpha value is -0.610. The fourth-order valence-electron chi connectivity index (χ4n) is 4.21. The fraction of sp³-hybridized carbons (Fsp3) is 0.955. The molecule has 1 aliphatic heterocycles. The summed E-state index contributed by atoms with van der Waals surface area (Å²) >= 11 is 0. The quantitative estimate of drug-likeness (QED) is 0.519. The van der Waals surface area contributed by atoms with Gasteiger partial charge in [0.25, 0.3) is 0 Å². The fourth-order valence-corrected chi connectivity index (χ4v) is 4.21. The Labute approximate surface area is 162 Å². The van der Waals surface area contributed by atoms with Crippen LogP contribution in [0.3, 0.4) is 0 Å². The molecule has 1 fully saturated rings. The topological polar surface area (TPSA) is 42.8 Å². The molecule has 0 aliphatic carbocycles. The third-order valence-corrected chi connectivity index (χ3v) is 5.99. The van der Waals surface area contributed by atoms with E-state index < -0.39 is 0 Å². The molecule has 0 spiro atoms. The largest absolute Gasteiger partial charge is 0.376 e. The molecular weight excluding hydrogens is 324 g/mol. The van der Waals surface area contributed by atoms with Crippen LogP contribution >= 0.6 is 0 Å². The van der Waals surface area contributed by atoms with Crippen molar-refractivity contribution in [2.75, 3.05) is 32.8 Å². The van der Waals surface area contributed by atoms with E-state index in [-0.39, 0.29) is 11.5 Å². The third-order valence-electron chi connectivity index (χ3n) is 5.99. The highest BCUT2D eigenvalue weighted by Gasteiger charge is 2.34. The molecule has 0 bridgehead atoms. The predicted molar refractivity (Wildman–Crippen MR) is 109 cm³/mol. The van der Waals surface area contributed by atoms with Gasteiger partial charge in [-0.25, -0.2) is 0 Å². The van der Waals surface area contributed by atoms with Gasteiger partial charge < -0.3 is 15.0 Å². The molecule has 1 saturated heterocycles. The van der Waals surface area contributed by atoms with Gasteiger partial charge in [0.1, 0.15) is 0 Å². The van der Waals surface area contributed by atoms with Gasteiger partial charge in [-0.05, 0) is 64.7 Å². The molecular formula is C22H45N2O2+. The zero-order valence-corrected chi connectivity index (χ0v) is 18.3. The average Bonchev–Trinajstić information content (AvgIpc) is 2.57. The van der Waals surface area contributed by atoms with Gasteiger partial charge in [-0.2, -0.15) is 0 Å². The number of rotatable bonds is 12. The summed E-state index contributed by atoms with van der Waals surface area (Å²) in [5.41, 5.74) is -0.0397. The molecule has 4 heteroatoms. The van der Waals surface area contributed by atoms with Crippen LogP contribution in [0.5, 0.6) is 0 Å². The van der Waals surface area contributed by atoms with E-state index >= 15 is 0 Å². The van der Waals surface area contributed by atoms with E-state index in [9.17, 15) is 4.79 Å². The first-order chi connectivity index (χ1) is 12.3. The van der Waals surface area contributed by atoms with Crippen LogP contribution in [-0.4, -0.2) is 44.3 Å². The van der Waals surface area contributed by atoms with Crippen molar-refractivity contribution in [3.05, 3.63) is 0 Å². The average molecular weight is 370 g/mol. The highest BCUT2D eigenvalue weighted by atomic mass is 16.5. The lowest BCUT2D eigenvalue weighted by molar-refractivity contribution is -0.896. The number of hydrogen-bond donors (Lipinski definition) is 2. The third kappa shape index (κ3) is 9.36. The summed E-state index contributed by atoms with van der Waals surface area (Å²) < 4.78 is 5.90. The first-order valence-electron chi connectivity index (χ1n) is 11.0. The maximum atomic E-state index is 12.5. The number of nitrogens with one attached hydrogen (secondary N) is 2. The van der Waals surface area contributed by atoms with Gasteiger partial charge in [-0.3, -0.25) is 4.79 Å². The van der Waals surface area contributed by atoms with Crippen molar-refractivity contribution in [1.29, 1.82) is 0 Å². The molecule has 1 heterocycles. The van der Waals surface area contributed by atoms with Gasteiger partial charge in [-0.15, -0.1) is 0 Å². The van der Waals surface area contributed by atoms with Crippen LogP contribution in [0, 0.1) is 17.8 Å². The molecule has 0 aromatic carbocycles. The van der Waals surface area contributed by atoms with E-state index in [2.05, 4.69) is 46.9 Å². The maximum absolute atomic E-state index is 12.5. The van der Waals surface area contributed by atoms with E-state index in [1.165, 1.54) is 19.5 Å². The lowest BCUT2D eigenvalue weighted by Crippen LogP contribution is -3.11. The zero-order chi connectivity index (χ0) is 19.6. The Morgan fingerprint density at radius 1 is 1.23 bits per heavy atom. The summed E-state index contributed by atoms with van der Waals surface area (Å²) in [6.07, 6.45) is 6.31. The highest BCUT2D eigenvalue weighted by molar-refractivity contribution is 5.76. The summed E-state index contributed by atoms with van der Waals surface area (Å²) in [5.74, 6) is 2.06. The van der Waals surface area contributed by atoms with Gasteiger partial charge in [0.2, 0.25) is 5.91 Å². The molecule has 0 unspecified atom stereocenters. The second-order valence-corrected chi connectivity index (χ2v) is 9.21. The van der Waals surface area contributed by atoms with Gasteiger partial charge in [0, 0.05) is 26.0 Å². The van der Waals surface area contributed by atoms with Crippen LogP contribution in [0.4, 0.5) is 0 Å². The lowest BCUT2D eigenvalue weighted by atomic mass is 9.75. The Balaban J connectivity index is 2.47. The molecule has 0 radical (unpaired) electrons. The van der Waals surface area contributed by atoms with Crippen LogP contribution in [0.25, 0.3) is 0 Å². The van der Waals surface area contributed by atoms with E-state index in [0.29, 0.717) is 24.2 Å². The molecule has 154 valence electrons. The molecule has 2 N–H and O–H groups in total. The van der Waals surface area contributed by atoms with Crippen molar-refractivity contribution in [2.45, 2.75) is 85.7 Å². The number of hydrogen-bond acceptors (Lipinski definition) is 2.